The number of H-pyrrole nitrogens is 1. The van der Waals surface area contributed by atoms with E-state index in [1.165, 1.54) is 12.1 Å². The highest BCUT2D eigenvalue weighted by molar-refractivity contribution is 5.78. The Bertz CT molecular complexity index is 1290. The number of aromatic nitrogens is 3. The first kappa shape index (κ1) is 15.4. The van der Waals surface area contributed by atoms with E-state index in [9.17, 15) is 4.39 Å². The lowest BCUT2D eigenvalue weighted by atomic mass is 10.0. The molecule has 1 aliphatic rings. The number of hydrogen-bond donors (Lipinski definition) is 1. The van der Waals surface area contributed by atoms with Gasteiger partial charge in [-0.15, -0.1) is 0 Å². The third kappa shape index (κ3) is 2.26. The second-order valence-electron chi connectivity index (χ2n) is 6.91. The number of nitrogens with one attached hydrogen (secondary N) is 1. The van der Waals surface area contributed by atoms with Gasteiger partial charge in [-0.25, -0.2) is 9.37 Å². The molecule has 138 valence electrons. The predicted molar refractivity (Wildman–Crippen MR) is 102 cm³/mol. The maximum Gasteiger partial charge on any atom is 0.299 e. The van der Waals surface area contributed by atoms with Crippen molar-refractivity contribution >= 4 is 28.1 Å². The van der Waals surface area contributed by atoms with Crippen molar-refractivity contribution in [2.45, 2.75) is 12.5 Å². The van der Waals surface area contributed by atoms with Crippen molar-refractivity contribution in [1.82, 2.24) is 15.0 Å². The highest BCUT2D eigenvalue weighted by Crippen LogP contribution is 2.39. The van der Waals surface area contributed by atoms with Gasteiger partial charge in [-0.2, -0.15) is 4.98 Å². The zero-order valence-electron chi connectivity index (χ0n) is 14.7. The van der Waals surface area contributed by atoms with E-state index in [2.05, 4.69) is 15.0 Å². The third-order valence-corrected chi connectivity index (χ3v) is 5.22. The van der Waals surface area contributed by atoms with Crippen molar-refractivity contribution in [1.29, 1.82) is 0 Å². The van der Waals surface area contributed by atoms with E-state index < -0.39 is 0 Å². The Morgan fingerprint density at radius 3 is 2.93 bits per heavy atom. The second-order valence-corrected chi connectivity index (χ2v) is 6.91. The summed E-state index contributed by atoms with van der Waals surface area (Å²) in [6.07, 6.45) is 2.48. The van der Waals surface area contributed by atoms with Crippen LogP contribution in [0.15, 0.2) is 63.7 Å². The van der Waals surface area contributed by atoms with Crippen LogP contribution in [0.5, 0.6) is 0 Å². The van der Waals surface area contributed by atoms with Gasteiger partial charge in [0.05, 0.1) is 12.0 Å². The van der Waals surface area contributed by atoms with Crippen LogP contribution in [-0.2, 0) is 6.42 Å². The Labute approximate surface area is 158 Å². The Hall–Kier alpha value is -3.61. The first-order valence-corrected chi connectivity index (χ1v) is 9.09. The average molecular weight is 374 g/mol. The van der Waals surface area contributed by atoms with Crippen molar-refractivity contribution in [2.24, 2.45) is 0 Å². The Balaban J connectivity index is 1.52. The molecule has 0 saturated carbocycles. The molecule has 3 aromatic heterocycles. The van der Waals surface area contributed by atoms with E-state index in [0.717, 1.165) is 34.5 Å². The van der Waals surface area contributed by atoms with Crippen LogP contribution in [0.4, 0.5) is 10.4 Å². The first-order chi connectivity index (χ1) is 13.8. The third-order valence-electron chi connectivity index (χ3n) is 5.22. The molecular formula is C21H15FN4O2. The molecule has 6 nitrogen and oxygen atoms in total. The summed E-state index contributed by atoms with van der Waals surface area (Å²) >= 11 is 0. The number of anilines is 1. The van der Waals surface area contributed by atoms with Gasteiger partial charge in [0.1, 0.15) is 28.7 Å². The van der Waals surface area contributed by atoms with Crippen LogP contribution in [0.1, 0.15) is 23.2 Å². The number of rotatable bonds is 2. The molecule has 1 atom stereocenters. The van der Waals surface area contributed by atoms with E-state index in [1.54, 1.807) is 12.4 Å². The molecule has 0 radical (unpaired) electrons. The van der Waals surface area contributed by atoms with Crippen molar-refractivity contribution in [3.05, 3.63) is 77.8 Å². The number of aromatic amines is 1. The number of nitrogens with zero attached hydrogens (tertiary/aromatic N) is 3. The van der Waals surface area contributed by atoms with Crippen LogP contribution in [0.3, 0.4) is 0 Å². The largest absolute Gasteiger partial charge is 0.458 e. The molecule has 5 aromatic rings. The molecule has 2 aromatic carbocycles. The molecule has 0 fully saturated rings. The average Bonchev–Trinajstić information content (AvgIpc) is 3.43. The van der Waals surface area contributed by atoms with Crippen molar-refractivity contribution in [3.8, 4) is 0 Å². The van der Waals surface area contributed by atoms with Crippen molar-refractivity contribution in [2.75, 3.05) is 11.4 Å². The molecule has 0 amide bonds. The van der Waals surface area contributed by atoms with Crippen LogP contribution in [-0.4, -0.2) is 21.5 Å². The van der Waals surface area contributed by atoms with Crippen molar-refractivity contribution in [3.63, 3.8) is 0 Å². The molecule has 0 saturated heterocycles. The minimum Gasteiger partial charge on any atom is -0.458 e. The van der Waals surface area contributed by atoms with Gasteiger partial charge < -0.3 is 18.7 Å². The Kier molecular flexibility index (Phi) is 3.14. The highest BCUT2D eigenvalue weighted by atomic mass is 19.1. The number of furan rings is 1. The lowest BCUT2D eigenvalue weighted by molar-refractivity contribution is 0.458. The second kappa shape index (κ2) is 5.69. The van der Waals surface area contributed by atoms with Gasteiger partial charge >= 0.3 is 0 Å². The van der Waals surface area contributed by atoms with Gasteiger partial charge in [0, 0.05) is 30.1 Å². The smallest absolute Gasteiger partial charge is 0.299 e. The molecule has 0 bridgehead atoms. The molecule has 6 rings (SSSR count). The van der Waals surface area contributed by atoms with Gasteiger partial charge in [-0.3, -0.25) is 0 Å². The molecule has 0 spiro atoms. The lowest BCUT2D eigenvalue weighted by Crippen LogP contribution is -2.36. The number of imidazole rings is 1. The van der Waals surface area contributed by atoms with E-state index in [0.29, 0.717) is 23.7 Å². The molecular weight excluding hydrogens is 359 g/mol. The van der Waals surface area contributed by atoms with E-state index in [-0.39, 0.29) is 11.9 Å². The first-order valence-electron chi connectivity index (χ1n) is 9.09. The fraction of sp³-hybridized carbons (Fsp3) is 0.143. The number of halogens is 1. The summed E-state index contributed by atoms with van der Waals surface area (Å²) in [4.78, 5) is 14.3. The molecule has 7 heteroatoms. The Morgan fingerprint density at radius 1 is 1.07 bits per heavy atom. The number of oxazole rings is 1. The fourth-order valence-corrected chi connectivity index (χ4v) is 3.92. The summed E-state index contributed by atoms with van der Waals surface area (Å²) in [5.74, 6) is 0.428. The van der Waals surface area contributed by atoms with Gasteiger partial charge in [-0.1, -0.05) is 18.2 Å². The zero-order valence-corrected chi connectivity index (χ0v) is 14.7. The monoisotopic (exact) mass is 374 g/mol. The zero-order chi connectivity index (χ0) is 18.7. The molecule has 4 heterocycles. The quantitative estimate of drug-likeness (QED) is 0.489. The summed E-state index contributed by atoms with van der Waals surface area (Å²) in [5, 5.41) is 1.03. The predicted octanol–water partition coefficient (Wildman–Crippen LogP) is 4.59. The molecule has 0 aliphatic carbocycles. The number of benzene rings is 2. The number of fused-ring (bicyclic) bond motifs is 3. The SMILES string of the molecule is Fc1ccc2oc(N3CCc4[nH]cnc4[C@H]3c3cc4ccccc4o3)nc2c1. The van der Waals surface area contributed by atoms with Gasteiger partial charge in [0.25, 0.3) is 6.01 Å². The normalized spacial score (nSPS) is 16.8. The van der Waals surface area contributed by atoms with Crippen LogP contribution in [0, 0.1) is 5.82 Å². The number of hydrogen-bond acceptors (Lipinski definition) is 5. The molecule has 0 unspecified atom stereocenters. The Morgan fingerprint density at radius 2 is 2.00 bits per heavy atom. The van der Waals surface area contributed by atoms with Crippen molar-refractivity contribution < 1.29 is 13.2 Å². The lowest BCUT2D eigenvalue weighted by Gasteiger charge is -2.32. The minimum atomic E-state index is -0.339. The molecule has 28 heavy (non-hydrogen) atoms. The van der Waals surface area contributed by atoms with Gasteiger partial charge in [0.15, 0.2) is 5.58 Å². The number of para-hydroxylation sites is 1. The van der Waals surface area contributed by atoms with E-state index >= 15 is 0 Å². The van der Waals surface area contributed by atoms with Crippen LogP contribution in [0.25, 0.3) is 22.1 Å². The van der Waals surface area contributed by atoms with Crippen LogP contribution >= 0.6 is 0 Å². The summed E-state index contributed by atoms with van der Waals surface area (Å²) < 4.78 is 25.7. The maximum absolute atomic E-state index is 13.6. The molecule has 1 aliphatic heterocycles. The summed E-state index contributed by atoms with van der Waals surface area (Å²) in [6, 6.07) is 14.4. The van der Waals surface area contributed by atoms with E-state index in [1.807, 2.05) is 35.2 Å². The molecule has 1 N–H and O–H groups in total. The van der Waals surface area contributed by atoms with Crippen LogP contribution in [0.2, 0.25) is 0 Å². The van der Waals surface area contributed by atoms with Gasteiger partial charge in [0.2, 0.25) is 0 Å². The standard InChI is InChI=1S/C21H15FN4O2/c22-13-5-6-17-15(10-13)25-21(28-17)26-8-7-14-19(24-11-23-14)20(26)18-9-12-3-1-2-4-16(12)27-18/h1-6,9-11,20H,7-8H2,(H,23,24)/t20-/m1/s1. The minimum absolute atomic E-state index is 0.277. The van der Waals surface area contributed by atoms with Gasteiger partial charge in [-0.05, 0) is 24.3 Å². The fourth-order valence-electron chi connectivity index (χ4n) is 3.92. The topological polar surface area (TPSA) is 71.1 Å². The van der Waals surface area contributed by atoms with Crippen LogP contribution < -0.4 is 4.90 Å². The summed E-state index contributed by atoms with van der Waals surface area (Å²) in [5.41, 5.74) is 3.82. The summed E-state index contributed by atoms with van der Waals surface area (Å²) in [6.45, 7) is 0.673. The maximum atomic E-state index is 13.6. The van der Waals surface area contributed by atoms with E-state index in [4.69, 9.17) is 8.83 Å². The summed E-state index contributed by atoms with van der Waals surface area (Å²) in [7, 11) is 0. The highest BCUT2D eigenvalue weighted by Gasteiger charge is 2.36.